The number of thioether (sulfide) groups is 1. The van der Waals surface area contributed by atoms with E-state index in [1.165, 1.54) is 18.1 Å². The Kier molecular flexibility index (Phi) is 4.94. The topological polar surface area (TPSA) is 99.8 Å². The van der Waals surface area contributed by atoms with E-state index in [-0.39, 0.29) is 5.75 Å². The van der Waals surface area contributed by atoms with Gasteiger partial charge >= 0.3 is 6.03 Å². The predicted molar refractivity (Wildman–Crippen MR) is 80.2 cm³/mol. The van der Waals surface area contributed by atoms with E-state index in [4.69, 9.17) is 0 Å². The Balaban J connectivity index is 1.82. The zero-order chi connectivity index (χ0) is 15.2. The summed E-state index contributed by atoms with van der Waals surface area (Å²) in [4.78, 5) is 27.2. The maximum Gasteiger partial charge on any atom is 0.325 e. The number of urea groups is 1. The Labute approximate surface area is 125 Å². The summed E-state index contributed by atoms with van der Waals surface area (Å²) in [6.45, 7) is 3.87. The molecule has 1 aromatic carbocycles. The van der Waals surface area contributed by atoms with Crippen molar-refractivity contribution < 1.29 is 9.59 Å². The number of nitrogens with one attached hydrogen (secondary N) is 3. The molecular weight excluding hydrogens is 290 g/mol. The van der Waals surface area contributed by atoms with Crippen LogP contribution < -0.4 is 10.6 Å². The Bertz CT molecular complexity index is 642. The predicted octanol–water partition coefficient (Wildman–Crippen LogP) is 1.86. The quantitative estimate of drug-likeness (QED) is 0.749. The lowest BCUT2D eigenvalue weighted by Gasteiger charge is -2.09. The van der Waals surface area contributed by atoms with Crippen LogP contribution in [0.5, 0.6) is 0 Å². The molecule has 1 heterocycles. The normalized spacial score (nSPS) is 10.2. The average Bonchev–Trinajstić information content (AvgIpc) is 2.93. The average molecular weight is 305 g/mol. The number of benzene rings is 1. The smallest absolute Gasteiger partial charge is 0.307 e. The van der Waals surface area contributed by atoms with Gasteiger partial charge in [0.2, 0.25) is 5.91 Å². The van der Waals surface area contributed by atoms with Crippen molar-refractivity contribution in [1.82, 2.24) is 20.5 Å². The van der Waals surface area contributed by atoms with Gasteiger partial charge < -0.3 is 5.32 Å². The zero-order valence-corrected chi connectivity index (χ0v) is 12.5. The summed E-state index contributed by atoms with van der Waals surface area (Å²) in [6.07, 6.45) is 1.35. The summed E-state index contributed by atoms with van der Waals surface area (Å²) in [5.41, 5.74) is 2.72. The van der Waals surface area contributed by atoms with Crippen molar-refractivity contribution in [2.75, 3.05) is 11.1 Å². The Morgan fingerprint density at radius 3 is 2.81 bits per heavy atom. The number of nitrogens with zero attached hydrogens (tertiary/aromatic N) is 2. The Morgan fingerprint density at radius 1 is 1.33 bits per heavy atom. The fourth-order valence-corrected chi connectivity index (χ4v) is 2.25. The number of aryl methyl sites for hydroxylation is 2. The van der Waals surface area contributed by atoms with Gasteiger partial charge in [-0.05, 0) is 25.5 Å². The van der Waals surface area contributed by atoms with Gasteiger partial charge in [0.15, 0.2) is 5.16 Å². The molecule has 21 heavy (non-hydrogen) atoms. The van der Waals surface area contributed by atoms with E-state index < -0.39 is 11.9 Å². The summed E-state index contributed by atoms with van der Waals surface area (Å²) in [6, 6.07) is 5.10. The Hall–Kier alpha value is -2.35. The number of amides is 3. The number of rotatable bonds is 4. The molecule has 0 saturated carbocycles. The van der Waals surface area contributed by atoms with Gasteiger partial charge in [0.25, 0.3) is 0 Å². The van der Waals surface area contributed by atoms with E-state index >= 15 is 0 Å². The van der Waals surface area contributed by atoms with Crippen LogP contribution >= 0.6 is 11.8 Å². The molecule has 1 aromatic heterocycles. The molecule has 8 heteroatoms. The van der Waals surface area contributed by atoms with E-state index in [2.05, 4.69) is 25.8 Å². The van der Waals surface area contributed by atoms with Gasteiger partial charge in [-0.15, -0.1) is 0 Å². The third-order valence-corrected chi connectivity index (χ3v) is 3.49. The molecule has 0 aliphatic carbocycles. The first-order valence-electron chi connectivity index (χ1n) is 6.21. The van der Waals surface area contributed by atoms with Crippen molar-refractivity contribution in [1.29, 1.82) is 0 Å². The number of hydrogen-bond donors (Lipinski definition) is 3. The number of carbonyl (C=O) groups excluding carboxylic acids is 2. The van der Waals surface area contributed by atoms with Gasteiger partial charge in [-0.2, -0.15) is 5.10 Å². The zero-order valence-electron chi connectivity index (χ0n) is 11.6. The fourth-order valence-electron chi connectivity index (χ4n) is 1.67. The van der Waals surface area contributed by atoms with Gasteiger partial charge in [0.05, 0.1) is 5.75 Å². The first-order valence-corrected chi connectivity index (χ1v) is 7.19. The third-order valence-electron chi connectivity index (χ3n) is 2.62. The summed E-state index contributed by atoms with van der Waals surface area (Å²) in [5.74, 6) is -0.325. The molecule has 110 valence electrons. The SMILES string of the molecule is Cc1ccc(NC(=O)NC(=O)CSc2ncn[nH]2)c(C)c1. The van der Waals surface area contributed by atoms with Crippen molar-refractivity contribution in [3.8, 4) is 0 Å². The molecule has 0 fully saturated rings. The fraction of sp³-hybridized carbons (Fsp3) is 0.231. The van der Waals surface area contributed by atoms with E-state index in [0.717, 1.165) is 11.1 Å². The summed E-state index contributed by atoms with van der Waals surface area (Å²) >= 11 is 1.17. The van der Waals surface area contributed by atoms with Crippen LogP contribution in [0.3, 0.4) is 0 Å². The van der Waals surface area contributed by atoms with Crippen molar-refractivity contribution in [3.05, 3.63) is 35.7 Å². The molecule has 0 saturated heterocycles. The standard InChI is InChI=1S/C13H15N5O2S/c1-8-3-4-10(9(2)5-8)16-12(20)17-11(19)6-21-13-14-7-15-18-13/h3-5,7H,6H2,1-2H3,(H,14,15,18)(H2,16,17,19,20). The van der Waals surface area contributed by atoms with E-state index in [1.54, 1.807) is 6.07 Å². The molecule has 2 aromatic rings. The summed E-state index contributed by atoms with van der Waals surface area (Å²) in [7, 11) is 0. The first-order chi connectivity index (χ1) is 10.0. The van der Waals surface area contributed by atoms with Crippen LogP contribution in [-0.2, 0) is 4.79 Å². The third kappa shape index (κ3) is 4.60. The van der Waals surface area contributed by atoms with Crippen LogP contribution in [-0.4, -0.2) is 32.9 Å². The second kappa shape index (κ2) is 6.89. The summed E-state index contributed by atoms with van der Waals surface area (Å²) in [5, 5.41) is 11.7. The van der Waals surface area contributed by atoms with Gasteiger partial charge in [0.1, 0.15) is 6.33 Å². The lowest BCUT2D eigenvalue weighted by molar-refractivity contribution is -0.117. The minimum atomic E-state index is -0.551. The number of anilines is 1. The van der Waals surface area contributed by atoms with E-state index in [0.29, 0.717) is 10.8 Å². The summed E-state index contributed by atoms with van der Waals surface area (Å²) < 4.78 is 0. The minimum Gasteiger partial charge on any atom is -0.307 e. The molecule has 7 nitrogen and oxygen atoms in total. The van der Waals surface area contributed by atoms with Gasteiger partial charge in [-0.1, -0.05) is 29.5 Å². The van der Waals surface area contributed by atoms with Crippen LogP contribution in [0.1, 0.15) is 11.1 Å². The monoisotopic (exact) mass is 305 g/mol. The highest BCUT2D eigenvalue weighted by Gasteiger charge is 2.10. The molecular formula is C13H15N5O2S. The lowest BCUT2D eigenvalue weighted by Crippen LogP contribution is -2.35. The van der Waals surface area contributed by atoms with Gasteiger partial charge in [-0.3, -0.25) is 15.2 Å². The minimum absolute atomic E-state index is 0.0789. The highest BCUT2D eigenvalue weighted by molar-refractivity contribution is 7.99. The van der Waals surface area contributed by atoms with Crippen LogP contribution in [0.2, 0.25) is 0 Å². The molecule has 2 rings (SSSR count). The number of aromatic amines is 1. The highest BCUT2D eigenvalue weighted by Crippen LogP contribution is 2.15. The van der Waals surface area contributed by atoms with E-state index in [1.807, 2.05) is 26.0 Å². The van der Waals surface area contributed by atoms with Crippen molar-refractivity contribution in [3.63, 3.8) is 0 Å². The van der Waals surface area contributed by atoms with Crippen molar-refractivity contribution in [2.24, 2.45) is 0 Å². The highest BCUT2D eigenvalue weighted by atomic mass is 32.2. The largest absolute Gasteiger partial charge is 0.325 e. The lowest BCUT2D eigenvalue weighted by atomic mass is 10.1. The molecule has 0 aliphatic heterocycles. The van der Waals surface area contributed by atoms with Crippen LogP contribution in [0, 0.1) is 13.8 Å². The maximum absolute atomic E-state index is 11.7. The second-order valence-electron chi connectivity index (χ2n) is 4.40. The molecule has 3 amide bonds. The number of hydrogen-bond acceptors (Lipinski definition) is 5. The second-order valence-corrected chi connectivity index (χ2v) is 5.36. The molecule has 0 aliphatic rings. The maximum atomic E-state index is 11.7. The Morgan fingerprint density at radius 2 is 2.14 bits per heavy atom. The number of carbonyl (C=O) groups is 2. The van der Waals surface area contributed by atoms with Crippen LogP contribution in [0.15, 0.2) is 29.7 Å². The molecule has 0 unspecified atom stereocenters. The molecule has 0 bridgehead atoms. The van der Waals surface area contributed by atoms with Gasteiger partial charge in [-0.25, -0.2) is 9.78 Å². The number of imide groups is 1. The van der Waals surface area contributed by atoms with Gasteiger partial charge in [0, 0.05) is 5.69 Å². The first kappa shape index (κ1) is 15.0. The van der Waals surface area contributed by atoms with Crippen molar-refractivity contribution in [2.45, 2.75) is 19.0 Å². The van der Waals surface area contributed by atoms with Crippen LogP contribution in [0.4, 0.5) is 10.5 Å². The van der Waals surface area contributed by atoms with E-state index in [9.17, 15) is 9.59 Å². The molecule has 3 N–H and O–H groups in total. The van der Waals surface area contributed by atoms with Crippen LogP contribution in [0.25, 0.3) is 0 Å². The molecule has 0 spiro atoms. The number of H-pyrrole nitrogens is 1. The van der Waals surface area contributed by atoms with Crippen molar-refractivity contribution >= 4 is 29.4 Å². The molecule has 0 radical (unpaired) electrons. The number of aromatic nitrogens is 3. The molecule has 0 atom stereocenters.